The number of amides is 1. The molecule has 0 saturated carbocycles. The third kappa shape index (κ3) is 4.32. The number of benzene rings is 1. The Bertz CT molecular complexity index is 720. The second kappa shape index (κ2) is 7.13. The summed E-state index contributed by atoms with van der Waals surface area (Å²) in [5.74, 6) is -0.0403. The number of aryl methyl sites for hydroxylation is 4. The van der Waals surface area contributed by atoms with Gasteiger partial charge >= 0.3 is 0 Å². The van der Waals surface area contributed by atoms with Crippen molar-refractivity contribution >= 4 is 23.4 Å². The maximum absolute atomic E-state index is 12.4. The SMILES string of the molecule is Cc1ccc(NC(=O)[C@@H](C)Sc2nc(C)c(C)c(C)n2)c(C)c1. The molecular formula is C18H23N3OS. The van der Waals surface area contributed by atoms with Crippen molar-refractivity contribution in [2.75, 3.05) is 5.32 Å². The van der Waals surface area contributed by atoms with Gasteiger partial charge in [-0.05, 0) is 58.7 Å². The minimum Gasteiger partial charge on any atom is -0.325 e. The van der Waals surface area contributed by atoms with Crippen molar-refractivity contribution in [3.63, 3.8) is 0 Å². The van der Waals surface area contributed by atoms with Gasteiger partial charge in [0.15, 0.2) is 5.16 Å². The molecule has 23 heavy (non-hydrogen) atoms. The summed E-state index contributed by atoms with van der Waals surface area (Å²) in [6, 6.07) is 6.00. The molecule has 2 aromatic rings. The molecule has 0 aliphatic rings. The Labute approximate surface area is 142 Å². The zero-order valence-electron chi connectivity index (χ0n) is 14.5. The second-order valence-electron chi connectivity index (χ2n) is 5.87. The predicted octanol–water partition coefficient (Wildman–Crippen LogP) is 4.14. The van der Waals surface area contributed by atoms with E-state index in [4.69, 9.17) is 0 Å². The number of carbonyl (C=O) groups is 1. The minimum atomic E-state index is -0.266. The highest BCUT2D eigenvalue weighted by Gasteiger charge is 2.17. The third-order valence-corrected chi connectivity index (χ3v) is 4.86. The Hall–Kier alpha value is -1.88. The van der Waals surface area contributed by atoms with Crippen LogP contribution in [-0.2, 0) is 4.79 Å². The third-order valence-electron chi connectivity index (χ3n) is 3.90. The van der Waals surface area contributed by atoms with Crippen LogP contribution < -0.4 is 5.32 Å². The molecule has 0 bridgehead atoms. The smallest absolute Gasteiger partial charge is 0.237 e. The number of hydrogen-bond donors (Lipinski definition) is 1. The zero-order valence-corrected chi connectivity index (χ0v) is 15.3. The summed E-state index contributed by atoms with van der Waals surface area (Å²) >= 11 is 1.38. The summed E-state index contributed by atoms with van der Waals surface area (Å²) in [6.45, 7) is 11.8. The summed E-state index contributed by atoms with van der Waals surface area (Å²) in [5, 5.41) is 3.36. The molecular weight excluding hydrogens is 306 g/mol. The number of rotatable bonds is 4. The largest absolute Gasteiger partial charge is 0.325 e. The van der Waals surface area contributed by atoms with Crippen LogP contribution in [0.5, 0.6) is 0 Å². The van der Waals surface area contributed by atoms with E-state index in [1.165, 1.54) is 17.3 Å². The Balaban J connectivity index is 2.08. The molecule has 0 fully saturated rings. The van der Waals surface area contributed by atoms with Gasteiger partial charge in [-0.25, -0.2) is 9.97 Å². The van der Waals surface area contributed by atoms with Gasteiger partial charge in [-0.3, -0.25) is 4.79 Å². The van der Waals surface area contributed by atoms with Crippen molar-refractivity contribution in [2.45, 2.75) is 51.9 Å². The highest BCUT2D eigenvalue weighted by molar-refractivity contribution is 8.00. The van der Waals surface area contributed by atoms with E-state index in [1.54, 1.807) is 0 Å². The molecule has 1 N–H and O–H groups in total. The van der Waals surface area contributed by atoms with Crippen LogP contribution in [0.4, 0.5) is 5.69 Å². The lowest BCUT2D eigenvalue weighted by Crippen LogP contribution is -2.23. The number of anilines is 1. The lowest BCUT2D eigenvalue weighted by Gasteiger charge is -2.14. The van der Waals surface area contributed by atoms with Gasteiger partial charge in [-0.1, -0.05) is 29.5 Å². The lowest BCUT2D eigenvalue weighted by atomic mass is 10.1. The van der Waals surface area contributed by atoms with Crippen LogP contribution in [0.1, 0.15) is 35.0 Å². The van der Waals surface area contributed by atoms with Crippen molar-refractivity contribution < 1.29 is 4.79 Å². The fourth-order valence-electron chi connectivity index (χ4n) is 2.19. The first-order valence-corrected chi connectivity index (χ1v) is 8.52. The summed E-state index contributed by atoms with van der Waals surface area (Å²) in [5.41, 5.74) is 6.12. The Morgan fingerprint density at radius 3 is 2.26 bits per heavy atom. The first-order chi connectivity index (χ1) is 10.8. The molecule has 1 aromatic heterocycles. The van der Waals surface area contributed by atoms with Crippen molar-refractivity contribution in [3.8, 4) is 0 Å². The van der Waals surface area contributed by atoms with Gasteiger partial charge in [0.2, 0.25) is 5.91 Å². The predicted molar refractivity (Wildman–Crippen MR) is 96.1 cm³/mol. The molecule has 1 heterocycles. The molecule has 0 aliphatic carbocycles. The highest BCUT2D eigenvalue weighted by atomic mass is 32.2. The van der Waals surface area contributed by atoms with E-state index in [0.717, 1.165) is 28.2 Å². The number of thioether (sulfide) groups is 1. The first kappa shape index (κ1) is 17.5. The Kier molecular flexibility index (Phi) is 5.42. The van der Waals surface area contributed by atoms with E-state index >= 15 is 0 Å². The summed E-state index contributed by atoms with van der Waals surface area (Å²) in [4.78, 5) is 21.3. The van der Waals surface area contributed by atoms with Crippen molar-refractivity contribution in [1.29, 1.82) is 0 Å². The van der Waals surface area contributed by atoms with Gasteiger partial charge in [0, 0.05) is 17.1 Å². The number of nitrogens with zero attached hydrogens (tertiary/aromatic N) is 2. The van der Waals surface area contributed by atoms with Crippen LogP contribution in [0.3, 0.4) is 0 Å². The average Bonchev–Trinajstić information content (AvgIpc) is 2.47. The van der Waals surface area contributed by atoms with Gasteiger partial charge < -0.3 is 5.32 Å². The molecule has 0 saturated heterocycles. The summed E-state index contributed by atoms with van der Waals surface area (Å²) in [6.07, 6.45) is 0. The Morgan fingerprint density at radius 2 is 1.70 bits per heavy atom. The lowest BCUT2D eigenvalue weighted by molar-refractivity contribution is -0.115. The molecule has 0 aliphatic heterocycles. The van der Waals surface area contributed by atoms with Gasteiger partial charge in [0.05, 0.1) is 5.25 Å². The number of nitrogens with one attached hydrogen (secondary N) is 1. The average molecular weight is 329 g/mol. The standard InChI is InChI=1S/C18H23N3OS/c1-10-7-8-16(11(2)9-10)21-17(22)15(6)23-18-19-13(4)12(3)14(5)20-18/h7-9,15H,1-6H3,(H,21,22)/t15-/m1/s1. The van der Waals surface area contributed by atoms with Crippen LogP contribution in [-0.4, -0.2) is 21.1 Å². The maximum Gasteiger partial charge on any atom is 0.237 e. The van der Waals surface area contributed by atoms with E-state index in [-0.39, 0.29) is 11.2 Å². The quantitative estimate of drug-likeness (QED) is 0.676. The number of carbonyl (C=O) groups excluding carboxylic acids is 1. The topological polar surface area (TPSA) is 54.9 Å². The van der Waals surface area contributed by atoms with E-state index in [0.29, 0.717) is 5.16 Å². The fourth-order valence-corrected chi connectivity index (χ4v) is 3.06. The summed E-state index contributed by atoms with van der Waals surface area (Å²) < 4.78 is 0. The molecule has 1 aromatic carbocycles. The molecule has 0 spiro atoms. The van der Waals surface area contributed by atoms with Crippen LogP contribution in [0.2, 0.25) is 0 Å². The zero-order chi connectivity index (χ0) is 17.1. The maximum atomic E-state index is 12.4. The fraction of sp³-hybridized carbons (Fsp3) is 0.389. The number of aromatic nitrogens is 2. The van der Waals surface area contributed by atoms with Crippen molar-refractivity contribution in [1.82, 2.24) is 9.97 Å². The van der Waals surface area contributed by atoms with Crippen LogP contribution in [0.15, 0.2) is 23.4 Å². The molecule has 0 unspecified atom stereocenters. The normalized spacial score (nSPS) is 12.1. The highest BCUT2D eigenvalue weighted by Crippen LogP contribution is 2.24. The van der Waals surface area contributed by atoms with Crippen LogP contribution in [0.25, 0.3) is 0 Å². The minimum absolute atomic E-state index is 0.0403. The summed E-state index contributed by atoms with van der Waals surface area (Å²) in [7, 11) is 0. The Morgan fingerprint density at radius 1 is 1.09 bits per heavy atom. The van der Waals surface area contributed by atoms with Gasteiger partial charge in [0.1, 0.15) is 0 Å². The van der Waals surface area contributed by atoms with Crippen molar-refractivity contribution in [3.05, 3.63) is 46.3 Å². The van der Waals surface area contributed by atoms with E-state index < -0.39 is 0 Å². The van der Waals surface area contributed by atoms with Gasteiger partial charge in [-0.15, -0.1) is 0 Å². The van der Waals surface area contributed by atoms with Gasteiger partial charge in [0.25, 0.3) is 0 Å². The van der Waals surface area contributed by atoms with E-state index in [2.05, 4.69) is 21.4 Å². The van der Waals surface area contributed by atoms with Gasteiger partial charge in [-0.2, -0.15) is 0 Å². The number of hydrogen-bond acceptors (Lipinski definition) is 4. The van der Waals surface area contributed by atoms with Crippen LogP contribution >= 0.6 is 11.8 Å². The molecule has 5 heteroatoms. The monoisotopic (exact) mass is 329 g/mol. The molecule has 1 amide bonds. The first-order valence-electron chi connectivity index (χ1n) is 7.64. The van der Waals surface area contributed by atoms with E-state index in [9.17, 15) is 4.79 Å². The molecule has 1 atom stereocenters. The molecule has 2 rings (SSSR count). The van der Waals surface area contributed by atoms with E-state index in [1.807, 2.05) is 53.7 Å². The van der Waals surface area contributed by atoms with Crippen molar-refractivity contribution in [2.24, 2.45) is 0 Å². The molecule has 0 radical (unpaired) electrons. The molecule has 4 nitrogen and oxygen atoms in total. The second-order valence-corrected chi connectivity index (χ2v) is 7.18. The molecule has 122 valence electrons. The van der Waals surface area contributed by atoms with Crippen LogP contribution in [0, 0.1) is 34.6 Å².